The lowest BCUT2D eigenvalue weighted by Crippen LogP contribution is -2.26. The first-order valence-corrected chi connectivity index (χ1v) is 6.13. The maximum Gasteiger partial charge on any atom is 0.00387 e. The molecule has 0 bridgehead atoms. The molecule has 0 aromatic rings. The summed E-state index contributed by atoms with van der Waals surface area (Å²) >= 11 is 0. The van der Waals surface area contributed by atoms with Crippen molar-refractivity contribution < 1.29 is 0 Å². The third-order valence-corrected chi connectivity index (χ3v) is 3.06. The van der Waals surface area contributed by atoms with Crippen molar-refractivity contribution in [2.24, 2.45) is 0 Å². The van der Waals surface area contributed by atoms with Gasteiger partial charge in [-0.2, -0.15) is 0 Å². The van der Waals surface area contributed by atoms with Crippen LogP contribution in [0.3, 0.4) is 0 Å². The summed E-state index contributed by atoms with van der Waals surface area (Å²) in [6.07, 6.45) is 12.9. The predicted octanol–water partition coefficient (Wildman–Crippen LogP) is 3.49. The highest BCUT2D eigenvalue weighted by atomic mass is 14.9. The van der Waals surface area contributed by atoms with E-state index in [1.54, 1.807) is 0 Å². The van der Waals surface area contributed by atoms with Crippen LogP contribution in [0.1, 0.15) is 64.7 Å². The minimum absolute atomic E-state index is 0.749. The van der Waals surface area contributed by atoms with E-state index in [1.165, 1.54) is 64.3 Å². The Morgan fingerprint density at radius 3 is 2.00 bits per heavy atom. The minimum atomic E-state index is 0.749. The molecule has 0 spiro atoms. The SMILES string of the molecule is C[C@@H]1CCCCCCCCCCN1. The standard InChI is InChI=1S/C12H25N/c1-12-10-8-6-4-2-3-5-7-9-11-13-12/h12-13H,2-11H2,1H3/t12-/m1/s1. The van der Waals surface area contributed by atoms with Gasteiger partial charge in [-0.25, -0.2) is 0 Å². The summed E-state index contributed by atoms with van der Waals surface area (Å²) in [7, 11) is 0. The number of hydrogen-bond donors (Lipinski definition) is 1. The second-order valence-corrected chi connectivity index (χ2v) is 4.47. The van der Waals surface area contributed by atoms with Crippen LogP contribution in [0, 0.1) is 0 Å². The van der Waals surface area contributed by atoms with Gasteiger partial charge in [0.1, 0.15) is 0 Å². The van der Waals surface area contributed by atoms with Gasteiger partial charge in [0.05, 0.1) is 0 Å². The van der Waals surface area contributed by atoms with Crippen molar-refractivity contribution in [3.05, 3.63) is 0 Å². The minimum Gasteiger partial charge on any atom is -0.314 e. The van der Waals surface area contributed by atoms with Gasteiger partial charge in [0.2, 0.25) is 0 Å². The largest absolute Gasteiger partial charge is 0.314 e. The molecule has 1 atom stereocenters. The molecule has 0 radical (unpaired) electrons. The molecule has 0 aromatic heterocycles. The molecule has 0 aliphatic carbocycles. The molecule has 0 unspecified atom stereocenters. The lowest BCUT2D eigenvalue weighted by atomic mass is 10.0. The summed E-state index contributed by atoms with van der Waals surface area (Å²) < 4.78 is 0. The van der Waals surface area contributed by atoms with Gasteiger partial charge >= 0.3 is 0 Å². The second kappa shape index (κ2) is 7.37. The maximum absolute atomic E-state index is 3.60. The van der Waals surface area contributed by atoms with Crippen molar-refractivity contribution in [1.82, 2.24) is 5.32 Å². The summed E-state index contributed by atoms with van der Waals surface area (Å²) in [5.41, 5.74) is 0. The molecule has 78 valence electrons. The van der Waals surface area contributed by atoms with Crippen LogP contribution in [-0.2, 0) is 0 Å². The topological polar surface area (TPSA) is 12.0 Å². The average Bonchev–Trinajstić information content (AvgIpc) is 2.11. The Balaban J connectivity index is 2.11. The first-order chi connectivity index (χ1) is 6.39. The molecule has 1 N–H and O–H groups in total. The van der Waals surface area contributed by atoms with Crippen molar-refractivity contribution in [3.63, 3.8) is 0 Å². The summed E-state index contributed by atoms with van der Waals surface area (Å²) in [6.45, 7) is 3.56. The zero-order chi connectivity index (χ0) is 9.36. The van der Waals surface area contributed by atoms with Crippen molar-refractivity contribution in [2.75, 3.05) is 6.54 Å². The van der Waals surface area contributed by atoms with E-state index in [0.717, 1.165) is 6.04 Å². The van der Waals surface area contributed by atoms with E-state index in [1.807, 2.05) is 0 Å². The molecule has 0 aromatic carbocycles. The van der Waals surface area contributed by atoms with Crippen LogP contribution in [0.4, 0.5) is 0 Å². The molecule has 1 heterocycles. The van der Waals surface area contributed by atoms with Crippen LogP contribution in [-0.4, -0.2) is 12.6 Å². The molecule has 1 aliphatic heterocycles. The van der Waals surface area contributed by atoms with Gasteiger partial charge in [0.25, 0.3) is 0 Å². The van der Waals surface area contributed by atoms with Crippen LogP contribution >= 0.6 is 0 Å². The highest BCUT2D eigenvalue weighted by Gasteiger charge is 2.01. The van der Waals surface area contributed by atoms with Gasteiger partial charge in [-0.05, 0) is 26.3 Å². The maximum atomic E-state index is 3.60. The fraction of sp³-hybridized carbons (Fsp3) is 1.00. The lowest BCUT2D eigenvalue weighted by molar-refractivity contribution is 0.451. The van der Waals surface area contributed by atoms with Gasteiger partial charge in [0.15, 0.2) is 0 Å². The van der Waals surface area contributed by atoms with Crippen LogP contribution < -0.4 is 5.32 Å². The number of hydrogen-bond acceptors (Lipinski definition) is 1. The molecule has 1 nitrogen and oxygen atoms in total. The average molecular weight is 183 g/mol. The molecule has 1 heteroatoms. The van der Waals surface area contributed by atoms with Crippen LogP contribution in [0.2, 0.25) is 0 Å². The fourth-order valence-corrected chi connectivity index (χ4v) is 2.09. The van der Waals surface area contributed by atoms with Crippen LogP contribution in [0.15, 0.2) is 0 Å². The second-order valence-electron chi connectivity index (χ2n) is 4.47. The summed E-state index contributed by atoms with van der Waals surface area (Å²) in [5, 5.41) is 3.60. The van der Waals surface area contributed by atoms with Crippen molar-refractivity contribution in [1.29, 1.82) is 0 Å². The first kappa shape index (κ1) is 11.0. The van der Waals surface area contributed by atoms with Crippen LogP contribution in [0.5, 0.6) is 0 Å². The van der Waals surface area contributed by atoms with Gasteiger partial charge in [-0.1, -0.05) is 44.9 Å². The van der Waals surface area contributed by atoms with E-state index >= 15 is 0 Å². The molecule has 13 heavy (non-hydrogen) atoms. The molecular weight excluding hydrogens is 158 g/mol. The van der Waals surface area contributed by atoms with Crippen molar-refractivity contribution in [2.45, 2.75) is 70.8 Å². The Morgan fingerprint density at radius 1 is 0.769 bits per heavy atom. The fourth-order valence-electron chi connectivity index (χ4n) is 2.09. The van der Waals surface area contributed by atoms with E-state index in [9.17, 15) is 0 Å². The van der Waals surface area contributed by atoms with Gasteiger partial charge in [-0.15, -0.1) is 0 Å². The summed E-state index contributed by atoms with van der Waals surface area (Å²) in [5.74, 6) is 0. The highest BCUT2D eigenvalue weighted by molar-refractivity contribution is 4.62. The van der Waals surface area contributed by atoms with Gasteiger partial charge in [-0.3, -0.25) is 0 Å². The Hall–Kier alpha value is -0.0400. The Kier molecular flexibility index (Phi) is 6.26. The predicted molar refractivity (Wildman–Crippen MR) is 59.0 cm³/mol. The zero-order valence-electron chi connectivity index (χ0n) is 9.15. The normalized spacial score (nSPS) is 28.8. The molecule has 0 saturated carbocycles. The van der Waals surface area contributed by atoms with Crippen LogP contribution in [0.25, 0.3) is 0 Å². The van der Waals surface area contributed by atoms with Crippen molar-refractivity contribution in [3.8, 4) is 0 Å². The smallest absolute Gasteiger partial charge is 0.00387 e. The van der Waals surface area contributed by atoms with Gasteiger partial charge in [0, 0.05) is 6.04 Å². The first-order valence-electron chi connectivity index (χ1n) is 6.13. The number of rotatable bonds is 0. The Bertz CT molecular complexity index is 99.7. The molecule has 0 amide bonds. The quantitative estimate of drug-likeness (QED) is 0.606. The van der Waals surface area contributed by atoms with Crippen molar-refractivity contribution >= 4 is 0 Å². The van der Waals surface area contributed by atoms with E-state index in [-0.39, 0.29) is 0 Å². The molecular formula is C12H25N. The zero-order valence-corrected chi connectivity index (χ0v) is 9.15. The Morgan fingerprint density at radius 2 is 1.31 bits per heavy atom. The lowest BCUT2D eigenvalue weighted by Gasteiger charge is -2.14. The van der Waals surface area contributed by atoms with E-state index in [0.29, 0.717) is 0 Å². The highest BCUT2D eigenvalue weighted by Crippen LogP contribution is 2.11. The molecule has 1 rings (SSSR count). The molecule has 1 saturated heterocycles. The number of nitrogens with one attached hydrogen (secondary N) is 1. The van der Waals surface area contributed by atoms with E-state index in [2.05, 4.69) is 12.2 Å². The van der Waals surface area contributed by atoms with E-state index in [4.69, 9.17) is 0 Å². The Labute approximate surface area is 83.3 Å². The van der Waals surface area contributed by atoms with E-state index < -0.39 is 0 Å². The molecule has 1 aliphatic rings. The third-order valence-electron chi connectivity index (χ3n) is 3.06. The summed E-state index contributed by atoms with van der Waals surface area (Å²) in [4.78, 5) is 0. The third kappa shape index (κ3) is 6.09. The van der Waals surface area contributed by atoms with Gasteiger partial charge < -0.3 is 5.32 Å². The summed E-state index contributed by atoms with van der Waals surface area (Å²) in [6, 6.07) is 0.749. The molecule has 1 fully saturated rings. The monoisotopic (exact) mass is 183 g/mol.